The van der Waals surface area contributed by atoms with E-state index in [9.17, 15) is 14.7 Å². The summed E-state index contributed by atoms with van der Waals surface area (Å²) in [5.41, 5.74) is -0.112. The molecule has 0 aliphatic carbocycles. The second-order valence-corrected chi connectivity index (χ2v) is 2.86. The van der Waals surface area contributed by atoms with Gasteiger partial charge in [-0.15, -0.1) is 0 Å². The van der Waals surface area contributed by atoms with Crippen LogP contribution in [-0.2, 0) is 19.1 Å². The minimum atomic E-state index is -0.922. The van der Waals surface area contributed by atoms with Gasteiger partial charge in [0.15, 0.2) is 0 Å². The van der Waals surface area contributed by atoms with Crippen LogP contribution in [-0.4, -0.2) is 44.0 Å². The number of rotatable bonds is 2. The van der Waals surface area contributed by atoms with Crippen LogP contribution in [0, 0.1) is 5.92 Å². The van der Waals surface area contributed by atoms with Gasteiger partial charge in [0.05, 0.1) is 20.8 Å². The van der Waals surface area contributed by atoms with Crippen molar-refractivity contribution in [2.75, 3.05) is 20.8 Å². The van der Waals surface area contributed by atoms with E-state index in [-0.39, 0.29) is 17.9 Å². The lowest BCUT2D eigenvalue weighted by Crippen LogP contribution is -2.27. The first-order chi connectivity index (χ1) is 7.11. The van der Waals surface area contributed by atoms with E-state index in [1.54, 1.807) is 0 Å². The van der Waals surface area contributed by atoms with Gasteiger partial charge in [0.1, 0.15) is 17.3 Å². The lowest BCUT2D eigenvalue weighted by atomic mass is 10.0. The predicted octanol–water partition coefficient (Wildman–Crippen LogP) is -0.155. The lowest BCUT2D eigenvalue weighted by molar-refractivity contribution is -0.144. The Kier molecular flexibility index (Phi) is 3.43. The van der Waals surface area contributed by atoms with Gasteiger partial charge < -0.3 is 14.6 Å². The molecule has 0 fully saturated rings. The summed E-state index contributed by atoms with van der Waals surface area (Å²) in [5.74, 6) is -2.64. The van der Waals surface area contributed by atoms with Crippen molar-refractivity contribution in [1.29, 1.82) is 0 Å². The number of aliphatic imine (C=N–C) groups is 1. The number of nitrogens with zero attached hydrogens (tertiary/aromatic N) is 1. The highest BCUT2D eigenvalue weighted by Crippen LogP contribution is 2.19. The van der Waals surface area contributed by atoms with Crippen molar-refractivity contribution in [2.24, 2.45) is 10.9 Å². The van der Waals surface area contributed by atoms with E-state index in [4.69, 9.17) is 0 Å². The van der Waals surface area contributed by atoms with Crippen LogP contribution >= 0.6 is 0 Å². The van der Waals surface area contributed by atoms with Gasteiger partial charge in [0.25, 0.3) is 0 Å². The summed E-state index contributed by atoms with van der Waals surface area (Å²) in [5, 5.41) is 9.62. The fraction of sp³-hybridized carbons (Fsp3) is 0.444. The molecule has 6 nitrogen and oxygen atoms in total. The Hall–Kier alpha value is -1.85. The Morgan fingerprint density at radius 2 is 2.13 bits per heavy atom. The third-order valence-corrected chi connectivity index (χ3v) is 2.01. The van der Waals surface area contributed by atoms with Crippen molar-refractivity contribution >= 4 is 18.2 Å². The maximum Gasteiger partial charge on any atom is 0.342 e. The van der Waals surface area contributed by atoms with Gasteiger partial charge in [0.2, 0.25) is 0 Å². The highest BCUT2D eigenvalue weighted by molar-refractivity contribution is 6.11. The molecule has 0 saturated carbocycles. The van der Waals surface area contributed by atoms with Crippen molar-refractivity contribution in [3.8, 4) is 0 Å². The van der Waals surface area contributed by atoms with Crippen molar-refractivity contribution in [1.82, 2.24) is 0 Å². The number of hydrogen-bond acceptors (Lipinski definition) is 6. The number of ether oxygens (including phenoxy) is 2. The maximum absolute atomic E-state index is 11.2. The number of dihydropyridines is 1. The summed E-state index contributed by atoms with van der Waals surface area (Å²) < 4.78 is 8.88. The molecule has 1 N–H and O–H groups in total. The highest BCUT2D eigenvalue weighted by atomic mass is 16.5. The van der Waals surface area contributed by atoms with Crippen molar-refractivity contribution in [3.05, 3.63) is 11.3 Å². The van der Waals surface area contributed by atoms with Gasteiger partial charge >= 0.3 is 11.9 Å². The zero-order chi connectivity index (χ0) is 11.4. The van der Waals surface area contributed by atoms with Gasteiger partial charge in [-0.25, -0.2) is 4.79 Å². The van der Waals surface area contributed by atoms with Crippen molar-refractivity contribution in [2.45, 2.75) is 0 Å². The van der Waals surface area contributed by atoms with Gasteiger partial charge in [-0.05, 0) is 0 Å². The number of esters is 2. The molecule has 0 aromatic rings. The van der Waals surface area contributed by atoms with Crippen LogP contribution in [0.4, 0.5) is 0 Å². The Morgan fingerprint density at radius 3 is 2.67 bits per heavy atom. The van der Waals surface area contributed by atoms with Gasteiger partial charge in [0, 0.05) is 6.21 Å². The third kappa shape index (κ3) is 2.15. The number of aliphatic hydroxyl groups excluding tert-OH is 1. The number of carbonyl (C=O) groups excluding carboxylic acids is 2. The summed E-state index contributed by atoms with van der Waals surface area (Å²) in [6.07, 6.45) is 1.18. The number of aliphatic hydroxyl groups is 1. The summed E-state index contributed by atoms with van der Waals surface area (Å²) in [6, 6.07) is 0. The second-order valence-electron chi connectivity index (χ2n) is 2.86. The predicted molar refractivity (Wildman–Crippen MR) is 50.5 cm³/mol. The van der Waals surface area contributed by atoms with Crippen LogP contribution in [0.5, 0.6) is 0 Å². The third-order valence-electron chi connectivity index (χ3n) is 2.01. The minimum absolute atomic E-state index is 0.0685. The first-order valence-electron chi connectivity index (χ1n) is 4.21. The molecule has 15 heavy (non-hydrogen) atoms. The van der Waals surface area contributed by atoms with Crippen molar-refractivity contribution < 1.29 is 24.2 Å². The maximum atomic E-state index is 11.2. The molecule has 1 rings (SSSR count). The number of hydrogen-bond donors (Lipinski definition) is 1. The second kappa shape index (κ2) is 4.59. The fourth-order valence-electron chi connectivity index (χ4n) is 1.19. The standard InChI is InChI=1S/C9H11NO5/c1-14-8(12)5-3-10-4-6(7(5)11)9(13)15-2/h3,6,11H,4H2,1-2H3/t6-/m0/s1. The Morgan fingerprint density at radius 1 is 1.47 bits per heavy atom. The van der Waals surface area contributed by atoms with E-state index in [0.29, 0.717) is 0 Å². The van der Waals surface area contributed by atoms with Gasteiger partial charge in [-0.1, -0.05) is 0 Å². The molecule has 0 saturated heterocycles. The zero-order valence-corrected chi connectivity index (χ0v) is 8.39. The Labute approximate surface area is 86.2 Å². The average molecular weight is 213 g/mol. The van der Waals surface area contributed by atoms with E-state index in [1.165, 1.54) is 20.4 Å². The van der Waals surface area contributed by atoms with E-state index >= 15 is 0 Å². The Balaban J connectivity index is 2.99. The first kappa shape index (κ1) is 11.2. The fourth-order valence-corrected chi connectivity index (χ4v) is 1.19. The monoisotopic (exact) mass is 213 g/mol. The molecule has 1 atom stereocenters. The summed E-state index contributed by atoms with van der Waals surface area (Å²) in [7, 11) is 2.38. The summed E-state index contributed by atoms with van der Waals surface area (Å²) in [4.78, 5) is 26.1. The van der Waals surface area contributed by atoms with E-state index in [1.807, 2.05) is 0 Å². The van der Waals surface area contributed by atoms with Crippen LogP contribution in [0.3, 0.4) is 0 Å². The Bertz CT molecular complexity index is 344. The molecule has 0 bridgehead atoms. The van der Waals surface area contributed by atoms with Gasteiger partial charge in [-0.3, -0.25) is 9.79 Å². The van der Waals surface area contributed by atoms with E-state index in [2.05, 4.69) is 14.5 Å². The highest BCUT2D eigenvalue weighted by Gasteiger charge is 2.31. The molecule has 82 valence electrons. The zero-order valence-electron chi connectivity index (χ0n) is 8.39. The van der Waals surface area contributed by atoms with Gasteiger partial charge in [-0.2, -0.15) is 0 Å². The molecular weight excluding hydrogens is 202 g/mol. The lowest BCUT2D eigenvalue weighted by Gasteiger charge is -2.16. The molecule has 0 unspecified atom stereocenters. The van der Waals surface area contributed by atoms with E-state index in [0.717, 1.165) is 0 Å². The quantitative estimate of drug-likeness (QED) is 0.644. The molecule has 0 radical (unpaired) electrons. The molecule has 0 spiro atoms. The molecule has 1 heterocycles. The molecule has 6 heteroatoms. The van der Waals surface area contributed by atoms with Crippen LogP contribution in [0.1, 0.15) is 0 Å². The SMILES string of the molecule is COC(=O)C1=C(O)[C@@H](C(=O)OC)CN=C1. The minimum Gasteiger partial charge on any atom is -0.510 e. The molecule has 0 aromatic heterocycles. The molecule has 0 amide bonds. The molecular formula is C9H11NO5. The topological polar surface area (TPSA) is 85.2 Å². The average Bonchev–Trinajstić information content (AvgIpc) is 2.27. The summed E-state index contributed by atoms with van der Waals surface area (Å²) in [6.45, 7) is 0.0685. The first-order valence-corrected chi connectivity index (χ1v) is 4.21. The molecule has 1 aliphatic heterocycles. The summed E-state index contributed by atoms with van der Waals surface area (Å²) >= 11 is 0. The number of methoxy groups -OCH3 is 2. The van der Waals surface area contributed by atoms with Crippen LogP contribution < -0.4 is 0 Å². The molecule has 0 aromatic carbocycles. The van der Waals surface area contributed by atoms with Crippen LogP contribution in [0.2, 0.25) is 0 Å². The number of carbonyl (C=O) groups is 2. The largest absolute Gasteiger partial charge is 0.510 e. The molecule has 1 aliphatic rings. The normalized spacial score (nSPS) is 20.0. The van der Waals surface area contributed by atoms with Crippen LogP contribution in [0.25, 0.3) is 0 Å². The van der Waals surface area contributed by atoms with Crippen molar-refractivity contribution in [3.63, 3.8) is 0 Å². The smallest absolute Gasteiger partial charge is 0.342 e. The van der Waals surface area contributed by atoms with E-state index < -0.39 is 17.9 Å². The van der Waals surface area contributed by atoms with Crippen LogP contribution in [0.15, 0.2) is 16.3 Å².